The molecular weight excluding hydrogens is 427 g/mol. The summed E-state index contributed by atoms with van der Waals surface area (Å²) >= 11 is 0. The summed E-state index contributed by atoms with van der Waals surface area (Å²) in [6, 6.07) is 9.19. The van der Waals surface area contributed by atoms with E-state index in [4.69, 9.17) is 28.5 Å². The standard InChI is InChI=1S/C24H39N2O5P/c1-8-28-23-21(17(5)6)25-24(29-9-2)22(26-23)20(19-15-13-12-14-16-19)18(7)32(27,30-10-3)31-11-4/h12-18,20-22H,8-11H2,1-7H3/t18-,20-,21+,22-/m0/s1. The molecule has 0 saturated carbocycles. The quantitative estimate of drug-likeness (QED) is 0.391. The average Bonchev–Trinajstić information content (AvgIpc) is 2.76. The number of nitrogens with zero attached hydrogens (tertiary/aromatic N) is 2. The number of hydrogen-bond acceptors (Lipinski definition) is 7. The summed E-state index contributed by atoms with van der Waals surface area (Å²) in [4.78, 5) is 9.93. The maximum Gasteiger partial charge on any atom is 0.334 e. The molecule has 0 amide bonds. The molecule has 0 aliphatic carbocycles. The van der Waals surface area contributed by atoms with Crippen LogP contribution in [0.15, 0.2) is 40.3 Å². The fraction of sp³-hybridized carbons (Fsp3) is 0.667. The van der Waals surface area contributed by atoms with E-state index in [1.807, 2.05) is 65.0 Å². The second kappa shape index (κ2) is 12.5. The molecule has 2 rings (SSSR count). The van der Waals surface area contributed by atoms with Gasteiger partial charge in [-0.2, -0.15) is 0 Å². The van der Waals surface area contributed by atoms with E-state index in [0.29, 0.717) is 38.2 Å². The van der Waals surface area contributed by atoms with Crippen molar-refractivity contribution >= 4 is 19.4 Å². The minimum atomic E-state index is -3.43. The predicted octanol–water partition coefficient (Wildman–Crippen LogP) is 5.70. The molecule has 1 heterocycles. The Labute approximate surface area is 193 Å². The highest BCUT2D eigenvalue weighted by Crippen LogP contribution is 2.58. The fourth-order valence-electron chi connectivity index (χ4n) is 3.98. The van der Waals surface area contributed by atoms with Gasteiger partial charge in [-0.15, -0.1) is 0 Å². The van der Waals surface area contributed by atoms with Crippen LogP contribution >= 0.6 is 7.60 Å². The van der Waals surface area contributed by atoms with Crippen molar-refractivity contribution in [1.29, 1.82) is 0 Å². The topological polar surface area (TPSA) is 78.7 Å². The Bertz CT molecular complexity index is 802. The van der Waals surface area contributed by atoms with E-state index >= 15 is 0 Å². The first-order valence-corrected chi connectivity index (χ1v) is 13.3. The van der Waals surface area contributed by atoms with E-state index < -0.39 is 19.3 Å². The summed E-state index contributed by atoms with van der Waals surface area (Å²) in [7, 11) is -3.43. The van der Waals surface area contributed by atoms with Crippen LogP contribution in [0.25, 0.3) is 0 Å². The fourth-order valence-corrected chi connectivity index (χ4v) is 5.97. The van der Waals surface area contributed by atoms with Crippen LogP contribution in [0.3, 0.4) is 0 Å². The summed E-state index contributed by atoms with van der Waals surface area (Å²) in [5.41, 5.74) is 0.488. The molecule has 0 fully saturated rings. The molecule has 0 unspecified atom stereocenters. The second-order valence-electron chi connectivity index (χ2n) is 7.99. The lowest BCUT2D eigenvalue weighted by atomic mass is 9.87. The van der Waals surface area contributed by atoms with Crippen LogP contribution in [0, 0.1) is 5.92 Å². The molecule has 8 heteroatoms. The van der Waals surface area contributed by atoms with E-state index in [9.17, 15) is 4.57 Å². The number of ether oxygens (including phenoxy) is 2. The summed E-state index contributed by atoms with van der Waals surface area (Å²) in [5.74, 6) is 0.984. The van der Waals surface area contributed by atoms with Gasteiger partial charge >= 0.3 is 7.60 Å². The minimum Gasteiger partial charge on any atom is -0.480 e. The van der Waals surface area contributed by atoms with E-state index in [2.05, 4.69) is 13.8 Å². The molecule has 0 N–H and O–H groups in total. The first-order valence-electron chi connectivity index (χ1n) is 11.7. The van der Waals surface area contributed by atoms with Gasteiger partial charge in [-0.05, 0) is 39.2 Å². The molecule has 0 bridgehead atoms. The van der Waals surface area contributed by atoms with E-state index in [1.165, 1.54) is 0 Å². The van der Waals surface area contributed by atoms with Gasteiger partial charge in [-0.3, -0.25) is 4.57 Å². The van der Waals surface area contributed by atoms with E-state index in [-0.39, 0.29) is 17.9 Å². The summed E-state index contributed by atoms with van der Waals surface area (Å²) in [6.45, 7) is 15.1. The first-order chi connectivity index (χ1) is 15.3. The van der Waals surface area contributed by atoms with Gasteiger partial charge < -0.3 is 18.5 Å². The molecule has 1 aliphatic rings. The van der Waals surface area contributed by atoms with Gasteiger partial charge in [-0.1, -0.05) is 51.1 Å². The highest BCUT2D eigenvalue weighted by atomic mass is 31.2. The Balaban J connectivity index is 2.65. The Hall–Kier alpha value is -1.69. The number of hydrogen-bond donors (Lipinski definition) is 0. The van der Waals surface area contributed by atoms with Crippen LogP contribution < -0.4 is 0 Å². The highest BCUT2D eigenvalue weighted by Gasteiger charge is 2.46. The van der Waals surface area contributed by atoms with Crippen LogP contribution in [0.1, 0.15) is 59.9 Å². The van der Waals surface area contributed by atoms with Crippen molar-refractivity contribution in [2.45, 2.75) is 72.1 Å². The third-order valence-corrected chi connectivity index (χ3v) is 7.97. The highest BCUT2D eigenvalue weighted by molar-refractivity contribution is 7.54. The van der Waals surface area contributed by atoms with E-state index in [0.717, 1.165) is 5.56 Å². The smallest absolute Gasteiger partial charge is 0.334 e. The molecule has 0 aromatic heterocycles. The van der Waals surface area contributed by atoms with Gasteiger partial charge in [0.15, 0.2) is 0 Å². The van der Waals surface area contributed by atoms with Gasteiger partial charge in [0.05, 0.1) is 32.1 Å². The van der Waals surface area contributed by atoms with Gasteiger partial charge in [0.1, 0.15) is 12.1 Å². The Morgan fingerprint density at radius 3 is 1.78 bits per heavy atom. The third-order valence-electron chi connectivity index (χ3n) is 5.42. The van der Waals surface area contributed by atoms with Crippen LogP contribution in [0.4, 0.5) is 0 Å². The summed E-state index contributed by atoms with van der Waals surface area (Å²) in [5, 5.41) is 0. The number of rotatable bonds is 11. The van der Waals surface area contributed by atoms with Crippen LogP contribution in [0.2, 0.25) is 0 Å². The molecule has 180 valence electrons. The minimum absolute atomic E-state index is 0.197. The maximum atomic E-state index is 13.8. The van der Waals surface area contributed by atoms with Crippen molar-refractivity contribution in [3.05, 3.63) is 35.9 Å². The van der Waals surface area contributed by atoms with Crippen LogP contribution in [0.5, 0.6) is 0 Å². The SMILES string of the molecule is CCOC1=N[C@H](C(C)C)C(OCC)=N[C@H]1[C@H](c1ccccc1)[C@H](C)P(=O)(OCC)OCC. The molecule has 4 atom stereocenters. The molecular formula is C24H39N2O5P. The zero-order valence-corrected chi connectivity index (χ0v) is 21.4. The summed E-state index contributed by atoms with van der Waals surface area (Å²) < 4.78 is 37.2. The Morgan fingerprint density at radius 2 is 1.31 bits per heavy atom. The monoisotopic (exact) mass is 466 g/mol. The maximum absolute atomic E-state index is 13.8. The first kappa shape index (κ1) is 26.6. The average molecular weight is 467 g/mol. The van der Waals surface area contributed by atoms with Crippen molar-refractivity contribution in [2.24, 2.45) is 15.9 Å². The van der Waals surface area contributed by atoms with Crippen molar-refractivity contribution in [3.63, 3.8) is 0 Å². The van der Waals surface area contributed by atoms with Gasteiger partial charge in [0, 0.05) is 5.92 Å². The largest absolute Gasteiger partial charge is 0.480 e. The molecule has 32 heavy (non-hydrogen) atoms. The lowest BCUT2D eigenvalue weighted by molar-refractivity contribution is 0.207. The molecule has 0 saturated heterocycles. The molecule has 0 radical (unpaired) electrons. The van der Waals surface area contributed by atoms with Gasteiger partial charge in [0.2, 0.25) is 11.8 Å². The summed E-state index contributed by atoms with van der Waals surface area (Å²) in [6.07, 6.45) is 0. The van der Waals surface area contributed by atoms with Crippen molar-refractivity contribution in [2.75, 3.05) is 26.4 Å². The molecule has 7 nitrogen and oxygen atoms in total. The van der Waals surface area contributed by atoms with Crippen LogP contribution in [-0.2, 0) is 23.1 Å². The number of benzene rings is 1. The normalized spacial score (nSPS) is 21.0. The lowest BCUT2D eigenvalue weighted by Gasteiger charge is -2.36. The predicted molar refractivity (Wildman–Crippen MR) is 130 cm³/mol. The van der Waals surface area contributed by atoms with Gasteiger partial charge in [-0.25, -0.2) is 9.98 Å². The molecule has 1 aliphatic heterocycles. The Kier molecular flexibility index (Phi) is 10.4. The van der Waals surface area contributed by atoms with Gasteiger partial charge in [0.25, 0.3) is 0 Å². The van der Waals surface area contributed by atoms with E-state index in [1.54, 1.807) is 0 Å². The number of aliphatic imine (C=N–C) groups is 2. The lowest BCUT2D eigenvalue weighted by Crippen LogP contribution is -2.43. The van der Waals surface area contributed by atoms with Crippen molar-refractivity contribution in [1.82, 2.24) is 0 Å². The Morgan fingerprint density at radius 1 is 0.812 bits per heavy atom. The van der Waals surface area contributed by atoms with Crippen LogP contribution in [-0.4, -0.2) is 56.0 Å². The molecule has 0 spiro atoms. The molecule has 1 aromatic rings. The zero-order chi connectivity index (χ0) is 23.7. The van der Waals surface area contributed by atoms with Crippen molar-refractivity contribution < 1.29 is 23.1 Å². The molecule has 1 aromatic carbocycles. The zero-order valence-electron chi connectivity index (χ0n) is 20.5. The second-order valence-corrected chi connectivity index (χ2v) is 10.4. The van der Waals surface area contributed by atoms with Crippen molar-refractivity contribution in [3.8, 4) is 0 Å². The third kappa shape index (κ3) is 6.21.